The molecular formula is C28H29N3O3. The highest BCUT2D eigenvalue weighted by Crippen LogP contribution is 2.39. The van der Waals surface area contributed by atoms with Crippen molar-refractivity contribution in [1.29, 1.82) is 0 Å². The molecule has 0 aliphatic carbocycles. The van der Waals surface area contributed by atoms with Crippen LogP contribution in [-0.2, 0) is 16.1 Å². The zero-order valence-electron chi connectivity index (χ0n) is 20.0. The molecule has 0 N–H and O–H groups in total. The van der Waals surface area contributed by atoms with Crippen molar-refractivity contribution < 1.29 is 14.3 Å². The number of methoxy groups -OCH3 is 1. The number of rotatable bonds is 8. The predicted octanol–water partition coefficient (Wildman–Crippen LogP) is 4.57. The predicted molar refractivity (Wildman–Crippen MR) is 136 cm³/mol. The Morgan fingerprint density at radius 1 is 0.853 bits per heavy atom. The quantitative estimate of drug-likeness (QED) is 0.466. The molecule has 1 aliphatic heterocycles. The van der Waals surface area contributed by atoms with E-state index in [-0.39, 0.29) is 11.8 Å². The van der Waals surface area contributed by atoms with E-state index in [1.165, 1.54) is 4.90 Å². The van der Waals surface area contributed by atoms with Crippen LogP contribution >= 0.6 is 0 Å². The molecule has 0 atom stereocenters. The molecule has 4 rings (SSSR count). The van der Waals surface area contributed by atoms with E-state index in [9.17, 15) is 9.59 Å². The zero-order valence-corrected chi connectivity index (χ0v) is 20.0. The number of carbonyl (C=O) groups is 2. The second kappa shape index (κ2) is 9.83. The van der Waals surface area contributed by atoms with Crippen LogP contribution in [0.4, 0.5) is 11.4 Å². The first-order valence-corrected chi connectivity index (χ1v) is 11.3. The molecule has 0 spiro atoms. The summed E-state index contributed by atoms with van der Waals surface area (Å²) in [5, 5.41) is 0. The number of hydrogen-bond acceptors (Lipinski definition) is 5. The van der Waals surface area contributed by atoms with Crippen molar-refractivity contribution in [2.24, 2.45) is 0 Å². The highest BCUT2D eigenvalue weighted by Gasteiger charge is 2.43. The molecule has 2 amide bonds. The molecule has 34 heavy (non-hydrogen) atoms. The van der Waals surface area contributed by atoms with E-state index in [4.69, 9.17) is 4.74 Å². The number of nitrogens with zero attached hydrogens (tertiary/aromatic N) is 3. The van der Waals surface area contributed by atoms with Gasteiger partial charge in [-0.3, -0.25) is 9.59 Å². The van der Waals surface area contributed by atoms with Crippen LogP contribution in [0.3, 0.4) is 0 Å². The van der Waals surface area contributed by atoms with Gasteiger partial charge in [0.15, 0.2) is 0 Å². The number of imide groups is 1. The summed E-state index contributed by atoms with van der Waals surface area (Å²) in [6.07, 6.45) is 0. The molecule has 0 fully saturated rings. The SMILES string of the molecule is CCN(Cc1ccccc1)C1=C(c2ccccc2OC)C(=O)N(c2cccc(N(C)C)c2)C1=O. The fourth-order valence-electron chi connectivity index (χ4n) is 4.20. The Morgan fingerprint density at radius 2 is 1.56 bits per heavy atom. The van der Waals surface area contributed by atoms with Gasteiger partial charge in [0.2, 0.25) is 0 Å². The van der Waals surface area contributed by atoms with Crippen LogP contribution in [0.1, 0.15) is 18.1 Å². The fourth-order valence-corrected chi connectivity index (χ4v) is 4.20. The van der Waals surface area contributed by atoms with E-state index >= 15 is 0 Å². The van der Waals surface area contributed by atoms with Crippen molar-refractivity contribution in [2.45, 2.75) is 13.5 Å². The van der Waals surface area contributed by atoms with Gasteiger partial charge < -0.3 is 14.5 Å². The van der Waals surface area contributed by atoms with Crippen molar-refractivity contribution in [3.8, 4) is 5.75 Å². The van der Waals surface area contributed by atoms with Crippen LogP contribution in [0, 0.1) is 0 Å². The van der Waals surface area contributed by atoms with E-state index in [2.05, 4.69) is 0 Å². The molecule has 6 nitrogen and oxygen atoms in total. The Balaban J connectivity index is 1.87. The lowest BCUT2D eigenvalue weighted by Crippen LogP contribution is -2.35. The fraction of sp³-hybridized carbons (Fsp3) is 0.214. The van der Waals surface area contributed by atoms with E-state index in [0.717, 1.165) is 11.3 Å². The van der Waals surface area contributed by atoms with Gasteiger partial charge in [-0.25, -0.2) is 4.90 Å². The first-order chi connectivity index (χ1) is 16.5. The summed E-state index contributed by atoms with van der Waals surface area (Å²) in [7, 11) is 5.42. The van der Waals surface area contributed by atoms with Crippen molar-refractivity contribution in [1.82, 2.24) is 4.90 Å². The first kappa shape index (κ1) is 23.1. The molecule has 3 aromatic carbocycles. The molecule has 3 aromatic rings. The molecular weight excluding hydrogens is 426 g/mol. The highest BCUT2D eigenvalue weighted by molar-refractivity contribution is 6.45. The summed E-state index contributed by atoms with van der Waals surface area (Å²) in [6.45, 7) is 3.06. The van der Waals surface area contributed by atoms with E-state index in [0.29, 0.717) is 41.4 Å². The maximum absolute atomic E-state index is 13.9. The summed E-state index contributed by atoms with van der Waals surface area (Å²) < 4.78 is 5.57. The molecule has 1 aliphatic rings. The molecule has 0 saturated carbocycles. The molecule has 0 bridgehead atoms. The third-order valence-corrected chi connectivity index (χ3v) is 5.95. The lowest BCUT2D eigenvalue weighted by Gasteiger charge is -2.25. The van der Waals surface area contributed by atoms with E-state index < -0.39 is 0 Å². The van der Waals surface area contributed by atoms with Gasteiger partial charge in [-0.05, 0) is 36.8 Å². The Morgan fingerprint density at radius 3 is 2.24 bits per heavy atom. The first-order valence-electron chi connectivity index (χ1n) is 11.3. The van der Waals surface area contributed by atoms with Gasteiger partial charge in [-0.2, -0.15) is 0 Å². The Kier molecular flexibility index (Phi) is 6.68. The number of ether oxygens (including phenoxy) is 1. The smallest absolute Gasteiger partial charge is 0.282 e. The van der Waals surface area contributed by atoms with Gasteiger partial charge in [-0.1, -0.05) is 54.6 Å². The van der Waals surface area contributed by atoms with Crippen LogP contribution in [0.5, 0.6) is 5.75 Å². The number of carbonyl (C=O) groups excluding carboxylic acids is 2. The third-order valence-electron chi connectivity index (χ3n) is 5.95. The average Bonchev–Trinajstić information content (AvgIpc) is 3.12. The number of amides is 2. The van der Waals surface area contributed by atoms with Gasteiger partial charge in [0.25, 0.3) is 11.8 Å². The van der Waals surface area contributed by atoms with Crippen LogP contribution < -0.4 is 14.5 Å². The second-order valence-corrected chi connectivity index (χ2v) is 8.28. The minimum atomic E-state index is -0.355. The van der Waals surface area contributed by atoms with E-state index in [1.807, 2.05) is 97.5 Å². The molecule has 0 unspecified atom stereocenters. The van der Waals surface area contributed by atoms with Crippen LogP contribution in [-0.4, -0.2) is 44.5 Å². The molecule has 0 radical (unpaired) electrons. The topological polar surface area (TPSA) is 53.1 Å². The Bertz CT molecular complexity index is 1230. The number of para-hydroxylation sites is 1. The number of likely N-dealkylation sites (N-methyl/N-ethyl adjacent to an activating group) is 1. The third kappa shape index (κ3) is 4.27. The summed E-state index contributed by atoms with van der Waals surface area (Å²) in [4.78, 5) is 33.0. The number of hydrogen-bond donors (Lipinski definition) is 0. The monoisotopic (exact) mass is 455 g/mol. The lowest BCUT2D eigenvalue weighted by atomic mass is 10.0. The van der Waals surface area contributed by atoms with Crippen molar-refractivity contribution in [3.63, 3.8) is 0 Å². The molecule has 6 heteroatoms. The molecule has 1 heterocycles. The zero-order chi connectivity index (χ0) is 24.2. The molecule has 0 saturated heterocycles. The van der Waals surface area contributed by atoms with Gasteiger partial charge in [0.1, 0.15) is 11.4 Å². The van der Waals surface area contributed by atoms with Crippen molar-refractivity contribution in [2.75, 3.05) is 37.5 Å². The van der Waals surface area contributed by atoms with E-state index in [1.54, 1.807) is 19.2 Å². The van der Waals surface area contributed by atoms with Crippen molar-refractivity contribution in [3.05, 3.63) is 95.7 Å². The normalized spacial score (nSPS) is 13.5. The minimum Gasteiger partial charge on any atom is -0.496 e. The lowest BCUT2D eigenvalue weighted by molar-refractivity contribution is -0.120. The van der Waals surface area contributed by atoms with Gasteiger partial charge in [0.05, 0.1) is 18.4 Å². The maximum atomic E-state index is 13.9. The highest BCUT2D eigenvalue weighted by atomic mass is 16.5. The standard InChI is InChI=1S/C28H29N3O3/c1-5-30(19-20-12-7-6-8-13-20)26-25(23-16-9-10-17-24(23)34-4)27(32)31(28(26)33)22-15-11-14-21(18-22)29(2)3/h6-18H,5,19H2,1-4H3. The largest absolute Gasteiger partial charge is 0.496 e. The van der Waals surface area contributed by atoms with Crippen LogP contribution in [0.2, 0.25) is 0 Å². The van der Waals surface area contributed by atoms with Crippen LogP contribution in [0.25, 0.3) is 5.57 Å². The van der Waals surface area contributed by atoms with Gasteiger partial charge >= 0.3 is 0 Å². The summed E-state index contributed by atoms with van der Waals surface area (Å²) in [6, 6.07) is 24.7. The van der Waals surface area contributed by atoms with Crippen molar-refractivity contribution >= 4 is 28.8 Å². The second-order valence-electron chi connectivity index (χ2n) is 8.28. The molecule has 0 aromatic heterocycles. The average molecular weight is 456 g/mol. The van der Waals surface area contributed by atoms with Crippen LogP contribution in [0.15, 0.2) is 84.6 Å². The van der Waals surface area contributed by atoms with Gasteiger partial charge in [0, 0.05) is 38.4 Å². The Labute approximate surface area is 200 Å². The minimum absolute atomic E-state index is 0.334. The van der Waals surface area contributed by atoms with Gasteiger partial charge in [-0.15, -0.1) is 0 Å². The summed E-state index contributed by atoms with van der Waals surface area (Å²) >= 11 is 0. The Hall–Kier alpha value is -4.06. The summed E-state index contributed by atoms with van der Waals surface area (Å²) in [5.41, 5.74) is 3.86. The number of anilines is 2. The summed E-state index contributed by atoms with van der Waals surface area (Å²) in [5.74, 6) is -0.137. The maximum Gasteiger partial charge on any atom is 0.282 e. The number of benzene rings is 3. The molecule has 174 valence electrons.